The lowest BCUT2D eigenvalue weighted by Crippen LogP contribution is -2.05. The lowest BCUT2D eigenvalue weighted by atomic mass is 10.0. The summed E-state index contributed by atoms with van der Waals surface area (Å²) in [6.07, 6.45) is 1.63. The second kappa shape index (κ2) is 8.65. The molecule has 3 aromatic carbocycles. The van der Waals surface area contributed by atoms with Gasteiger partial charge in [0, 0.05) is 5.56 Å². The molecular weight excluding hydrogens is 412 g/mol. The average molecular weight is 435 g/mol. The van der Waals surface area contributed by atoms with Crippen LogP contribution < -0.4 is 10.1 Å². The van der Waals surface area contributed by atoms with Crippen molar-refractivity contribution in [1.29, 1.82) is 0 Å². The molecule has 0 bridgehead atoms. The number of hydrogen-bond acceptors (Lipinski definition) is 6. The number of sulfone groups is 1. The molecule has 0 spiro atoms. The Morgan fingerprint density at radius 1 is 0.935 bits per heavy atom. The normalized spacial score (nSPS) is 11.3. The van der Waals surface area contributed by atoms with Gasteiger partial charge in [0.2, 0.25) is 0 Å². The zero-order valence-corrected chi connectivity index (χ0v) is 18.0. The molecule has 0 saturated heterocycles. The van der Waals surface area contributed by atoms with Crippen molar-refractivity contribution in [2.24, 2.45) is 0 Å². The zero-order chi connectivity index (χ0) is 21.8. The van der Waals surface area contributed by atoms with Crippen LogP contribution in [0, 0.1) is 0 Å². The molecule has 158 valence electrons. The van der Waals surface area contributed by atoms with E-state index in [4.69, 9.17) is 9.15 Å². The molecule has 0 aliphatic rings. The maximum absolute atomic E-state index is 12.2. The number of methoxy groups -OCH3 is 1. The molecule has 0 atom stereocenters. The minimum absolute atomic E-state index is 0.0136. The maximum atomic E-state index is 12.2. The maximum Gasteiger partial charge on any atom is 0.299 e. The van der Waals surface area contributed by atoms with Gasteiger partial charge in [-0.1, -0.05) is 55.5 Å². The van der Waals surface area contributed by atoms with E-state index in [9.17, 15) is 8.42 Å². The Morgan fingerprint density at radius 2 is 1.68 bits per heavy atom. The summed E-state index contributed by atoms with van der Waals surface area (Å²) in [6.45, 7) is 1.61. The highest BCUT2D eigenvalue weighted by Crippen LogP contribution is 2.33. The number of rotatable bonds is 7. The van der Waals surface area contributed by atoms with Crippen LogP contribution >= 0.6 is 0 Å². The van der Waals surface area contributed by atoms with Crippen LogP contribution in [-0.2, 0) is 9.84 Å². The van der Waals surface area contributed by atoms with Crippen LogP contribution in [0.3, 0.4) is 0 Å². The van der Waals surface area contributed by atoms with Gasteiger partial charge in [0.15, 0.2) is 15.6 Å². The van der Waals surface area contributed by atoms with Gasteiger partial charge >= 0.3 is 0 Å². The smallest absolute Gasteiger partial charge is 0.299 e. The summed E-state index contributed by atoms with van der Waals surface area (Å²) in [4.78, 5) is 4.50. The van der Waals surface area contributed by atoms with Crippen molar-refractivity contribution in [2.45, 2.75) is 11.8 Å². The molecular formula is C24H22N2O4S. The quantitative estimate of drug-likeness (QED) is 0.410. The minimum atomic E-state index is -3.35. The van der Waals surface area contributed by atoms with Crippen LogP contribution in [0.15, 0.2) is 88.3 Å². The Morgan fingerprint density at radius 3 is 2.42 bits per heavy atom. The molecule has 1 N–H and O–H groups in total. The van der Waals surface area contributed by atoms with Crippen LogP contribution in [0.4, 0.5) is 11.7 Å². The molecule has 31 heavy (non-hydrogen) atoms. The third kappa shape index (κ3) is 4.46. The lowest BCUT2D eigenvalue weighted by Gasteiger charge is -2.11. The number of aromatic nitrogens is 1. The largest absolute Gasteiger partial charge is 0.495 e. The molecule has 0 aliphatic heterocycles. The van der Waals surface area contributed by atoms with E-state index in [1.54, 1.807) is 19.2 Å². The highest BCUT2D eigenvalue weighted by atomic mass is 32.2. The number of hydrogen-bond donors (Lipinski definition) is 1. The number of benzene rings is 3. The average Bonchev–Trinajstić information content (AvgIpc) is 3.28. The summed E-state index contributed by atoms with van der Waals surface area (Å²) in [5.74, 6) is 1.09. The summed E-state index contributed by atoms with van der Waals surface area (Å²) < 4.78 is 35.7. The van der Waals surface area contributed by atoms with Gasteiger partial charge in [0.25, 0.3) is 6.01 Å². The Kier molecular flexibility index (Phi) is 5.77. The molecule has 1 heterocycles. The summed E-state index contributed by atoms with van der Waals surface area (Å²) in [5.41, 5.74) is 3.53. The van der Waals surface area contributed by atoms with Gasteiger partial charge in [-0.25, -0.2) is 13.4 Å². The summed E-state index contributed by atoms with van der Waals surface area (Å²) >= 11 is 0. The number of oxazole rings is 1. The third-order valence-electron chi connectivity index (χ3n) is 4.91. The second-order valence-electron chi connectivity index (χ2n) is 6.87. The predicted molar refractivity (Wildman–Crippen MR) is 121 cm³/mol. The Labute approximate surface area is 181 Å². The van der Waals surface area contributed by atoms with E-state index in [2.05, 4.69) is 22.4 Å². The first-order valence-electron chi connectivity index (χ1n) is 9.79. The number of ether oxygens (including phenoxy) is 1. The first kappa shape index (κ1) is 20.7. The van der Waals surface area contributed by atoms with E-state index in [1.165, 1.54) is 19.2 Å². The van der Waals surface area contributed by atoms with Gasteiger partial charge in [0.1, 0.15) is 5.75 Å². The first-order chi connectivity index (χ1) is 15.0. The summed E-state index contributed by atoms with van der Waals surface area (Å²) in [7, 11) is -1.84. The lowest BCUT2D eigenvalue weighted by molar-refractivity contribution is 0.416. The van der Waals surface area contributed by atoms with Gasteiger partial charge in [-0.15, -0.1) is 0 Å². The first-order valence-corrected chi connectivity index (χ1v) is 11.4. The van der Waals surface area contributed by atoms with Crippen LogP contribution in [0.5, 0.6) is 5.75 Å². The highest BCUT2D eigenvalue weighted by Gasteiger charge is 2.16. The molecule has 0 saturated carbocycles. The molecule has 4 rings (SSSR count). The minimum Gasteiger partial charge on any atom is -0.495 e. The summed E-state index contributed by atoms with van der Waals surface area (Å²) in [6, 6.07) is 23.0. The van der Waals surface area contributed by atoms with Crippen molar-refractivity contribution in [3.05, 3.63) is 79.0 Å². The van der Waals surface area contributed by atoms with Gasteiger partial charge in [-0.2, -0.15) is 0 Å². The van der Waals surface area contributed by atoms with Crippen LogP contribution in [-0.4, -0.2) is 26.3 Å². The van der Waals surface area contributed by atoms with Crippen molar-refractivity contribution in [1.82, 2.24) is 4.98 Å². The highest BCUT2D eigenvalue weighted by molar-refractivity contribution is 7.91. The molecule has 0 aliphatic carbocycles. The van der Waals surface area contributed by atoms with Crippen molar-refractivity contribution in [2.75, 3.05) is 18.2 Å². The van der Waals surface area contributed by atoms with Crippen LogP contribution in [0.25, 0.3) is 22.5 Å². The SMILES string of the molecule is CCS(=O)(=O)c1ccc(OC)c(Nc2ncc(-c3cccc(-c4ccccc4)c3)o2)c1. The van der Waals surface area contributed by atoms with E-state index in [-0.39, 0.29) is 16.7 Å². The molecule has 0 radical (unpaired) electrons. The Hall–Kier alpha value is -3.58. The Balaban J connectivity index is 1.63. The fraction of sp³-hybridized carbons (Fsp3) is 0.125. The predicted octanol–water partition coefficient (Wildman–Crippen LogP) is 5.55. The van der Waals surface area contributed by atoms with Crippen LogP contribution in [0.1, 0.15) is 6.92 Å². The van der Waals surface area contributed by atoms with E-state index in [1.807, 2.05) is 42.5 Å². The van der Waals surface area contributed by atoms with E-state index in [0.717, 1.165) is 16.7 Å². The monoisotopic (exact) mass is 434 g/mol. The summed E-state index contributed by atoms with van der Waals surface area (Å²) in [5, 5.41) is 3.03. The van der Waals surface area contributed by atoms with Gasteiger partial charge < -0.3 is 14.5 Å². The number of anilines is 2. The molecule has 0 amide bonds. The van der Waals surface area contributed by atoms with Gasteiger partial charge in [-0.05, 0) is 35.4 Å². The molecule has 0 unspecified atom stereocenters. The van der Waals surface area contributed by atoms with Gasteiger partial charge in [-0.3, -0.25) is 0 Å². The fourth-order valence-electron chi connectivity index (χ4n) is 3.21. The van der Waals surface area contributed by atoms with Crippen LogP contribution in [0.2, 0.25) is 0 Å². The van der Waals surface area contributed by atoms with E-state index >= 15 is 0 Å². The van der Waals surface area contributed by atoms with E-state index < -0.39 is 9.84 Å². The molecule has 4 aromatic rings. The zero-order valence-electron chi connectivity index (χ0n) is 17.2. The second-order valence-corrected chi connectivity index (χ2v) is 9.15. The van der Waals surface area contributed by atoms with Crippen molar-refractivity contribution in [3.63, 3.8) is 0 Å². The van der Waals surface area contributed by atoms with E-state index in [0.29, 0.717) is 17.2 Å². The molecule has 7 heteroatoms. The molecule has 0 fully saturated rings. The number of nitrogens with zero attached hydrogens (tertiary/aromatic N) is 1. The van der Waals surface area contributed by atoms with Crippen molar-refractivity contribution >= 4 is 21.5 Å². The van der Waals surface area contributed by atoms with Gasteiger partial charge in [0.05, 0.1) is 29.6 Å². The number of nitrogens with one attached hydrogen (secondary N) is 1. The molecule has 6 nitrogen and oxygen atoms in total. The van der Waals surface area contributed by atoms with Crippen molar-refractivity contribution in [3.8, 4) is 28.2 Å². The Bertz CT molecular complexity index is 1300. The topological polar surface area (TPSA) is 81.4 Å². The standard InChI is InChI=1S/C24H22N2O4S/c1-3-31(27,28)20-12-13-22(29-2)21(15-20)26-24-25-16-23(30-24)19-11-7-10-18(14-19)17-8-5-4-6-9-17/h4-16H,3H2,1-2H3,(H,25,26). The van der Waals surface area contributed by atoms with Crippen molar-refractivity contribution < 1.29 is 17.6 Å². The fourth-order valence-corrected chi connectivity index (χ4v) is 4.11. The third-order valence-corrected chi connectivity index (χ3v) is 6.64. The molecule has 1 aromatic heterocycles.